The molecule has 1 aliphatic carbocycles. The number of hydrogen-bond donors (Lipinski definition) is 4. The molecule has 4 rings (SSSR count). The molecule has 1 atom stereocenters. The Morgan fingerprint density at radius 1 is 1.14 bits per heavy atom. The van der Waals surface area contributed by atoms with Gasteiger partial charge in [-0.2, -0.15) is 0 Å². The molecule has 1 aliphatic rings. The molecule has 3 aromatic rings. The molecular weight excluding hydrogens is 458 g/mol. The van der Waals surface area contributed by atoms with E-state index < -0.39 is 6.10 Å². The summed E-state index contributed by atoms with van der Waals surface area (Å²) < 4.78 is 11.2. The summed E-state index contributed by atoms with van der Waals surface area (Å²) in [6.45, 7) is 9.99. The third-order valence-corrected chi connectivity index (χ3v) is 5.84. The van der Waals surface area contributed by atoms with E-state index in [-0.39, 0.29) is 12.7 Å². The molecule has 0 bridgehead atoms. The van der Waals surface area contributed by atoms with E-state index in [0.29, 0.717) is 24.2 Å². The molecule has 0 radical (unpaired) electrons. The van der Waals surface area contributed by atoms with Crippen LogP contribution in [0.1, 0.15) is 50.1 Å². The Kier molecular flexibility index (Phi) is 9.81. The van der Waals surface area contributed by atoms with Crippen molar-refractivity contribution in [3.05, 3.63) is 41.3 Å². The highest BCUT2D eigenvalue weighted by atomic mass is 16.5. The van der Waals surface area contributed by atoms with Crippen molar-refractivity contribution in [2.75, 3.05) is 25.5 Å². The molecule has 9 heteroatoms. The van der Waals surface area contributed by atoms with Crippen LogP contribution in [0.5, 0.6) is 5.75 Å². The van der Waals surface area contributed by atoms with Crippen molar-refractivity contribution in [1.29, 1.82) is 0 Å². The van der Waals surface area contributed by atoms with Gasteiger partial charge in [-0.25, -0.2) is 9.97 Å². The smallest absolute Gasteiger partial charge is 0.162 e. The van der Waals surface area contributed by atoms with Crippen molar-refractivity contribution < 1.29 is 19.5 Å². The van der Waals surface area contributed by atoms with E-state index in [1.165, 1.54) is 6.42 Å². The predicted octanol–water partition coefficient (Wildman–Crippen LogP) is 4.03. The Labute approximate surface area is 213 Å². The zero-order chi connectivity index (χ0) is 26.2. The maximum Gasteiger partial charge on any atom is 0.162 e. The third-order valence-electron chi connectivity index (χ3n) is 5.84. The quantitative estimate of drug-likeness (QED) is 0.347. The maximum atomic E-state index is 9.94. The van der Waals surface area contributed by atoms with Crippen LogP contribution in [0.15, 0.2) is 28.8 Å². The number of aliphatic hydroxyl groups is 2. The molecule has 1 saturated carbocycles. The summed E-state index contributed by atoms with van der Waals surface area (Å²) >= 11 is 0. The van der Waals surface area contributed by atoms with Gasteiger partial charge in [0.25, 0.3) is 0 Å². The van der Waals surface area contributed by atoms with E-state index >= 15 is 0 Å². The second-order valence-corrected chi connectivity index (χ2v) is 9.48. The van der Waals surface area contributed by atoms with Crippen molar-refractivity contribution in [2.24, 2.45) is 0 Å². The highest BCUT2D eigenvalue weighted by molar-refractivity contribution is 5.74. The average molecular weight is 498 g/mol. The Bertz CT molecular complexity index is 1110. The second-order valence-electron chi connectivity index (χ2n) is 9.48. The number of benzene rings is 1. The van der Waals surface area contributed by atoms with Crippen LogP contribution < -0.4 is 15.4 Å². The fraction of sp³-hybridized carbons (Fsp3) is 0.519. The molecule has 0 spiro atoms. The summed E-state index contributed by atoms with van der Waals surface area (Å²) in [4.78, 5) is 9.79. The molecule has 196 valence electrons. The normalized spacial score (nSPS) is 14.1. The van der Waals surface area contributed by atoms with Crippen molar-refractivity contribution in [3.8, 4) is 28.4 Å². The fourth-order valence-corrected chi connectivity index (χ4v) is 3.81. The van der Waals surface area contributed by atoms with E-state index in [2.05, 4.69) is 15.8 Å². The Balaban J connectivity index is 0.000000840. The average Bonchev–Trinajstić information content (AvgIpc) is 3.13. The number of likely N-dealkylation sites (N-methyl/N-ethyl adjacent to an activating group) is 1. The van der Waals surface area contributed by atoms with Gasteiger partial charge < -0.3 is 30.1 Å². The van der Waals surface area contributed by atoms with Crippen molar-refractivity contribution in [1.82, 2.24) is 20.4 Å². The van der Waals surface area contributed by atoms with Gasteiger partial charge in [0, 0.05) is 29.8 Å². The molecule has 36 heavy (non-hydrogen) atoms. The Morgan fingerprint density at radius 2 is 1.86 bits per heavy atom. The summed E-state index contributed by atoms with van der Waals surface area (Å²) in [6.07, 6.45) is 2.79. The van der Waals surface area contributed by atoms with Gasteiger partial charge >= 0.3 is 0 Å². The van der Waals surface area contributed by atoms with Gasteiger partial charge in [-0.05, 0) is 73.1 Å². The summed E-state index contributed by atoms with van der Waals surface area (Å²) in [6, 6.07) is 8.09. The SMILES string of the molecule is CC(C)O.CNCC(O)COc1cccc(-c2nc(NC3CCC3)c(C)c(-c3c(C)noc3C)n2)c1. The first kappa shape index (κ1) is 27.6. The number of nitrogens with zero attached hydrogens (tertiary/aromatic N) is 3. The zero-order valence-corrected chi connectivity index (χ0v) is 22.1. The van der Waals surface area contributed by atoms with Crippen LogP contribution in [-0.2, 0) is 0 Å². The monoisotopic (exact) mass is 497 g/mol. The van der Waals surface area contributed by atoms with E-state index in [1.54, 1.807) is 20.9 Å². The number of hydrogen-bond acceptors (Lipinski definition) is 9. The van der Waals surface area contributed by atoms with Gasteiger partial charge in [-0.15, -0.1) is 0 Å². The standard InChI is InChI=1S/C24H31N5O3.C3H8O/c1-14-22(21-15(2)29-32-16(21)3)27-24(28-23(14)26-18-8-6-9-18)17-7-5-10-20(11-17)31-13-19(30)12-25-4;1-3(2)4/h5,7,10-11,18-19,25,30H,6,8-9,12-13H2,1-4H3,(H,26,27,28);3-4H,1-2H3. The lowest BCUT2D eigenvalue weighted by Gasteiger charge is -2.28. The number of ether oxygens (including phenoxy) is 1. The van der Waals surface area contributed by atoms with Gasteiger partial charge in [0.1, 0.15) is 30.0 Å². The van der Waals surface area contributed by atoms with Gasteiger partial charge in [-0.3, -0.25) is 0 Å². The number of anilines is 1. The summed E-state index contributed by atoms with van der Waals surface area (Å²) in [7, 11) is 1.80. The molecule has 1 fully saturated rings. The van der Waals surface area contributed by atoms with Crippen LogP contribution in [0.25, 0.3) is 22.6 Å². The largest absolute Gasteiger partial charge is 0.491 e. The highest BCUT2D eigenvalue weighted by Gasteiger charge is 2.23. The highest BCUT2D eigenvalue weighted by Crippen LogP contribution is 2.35. The minimum absolute atomic E-state index is 0.167. The van der Waals surface area contributed by atoms with Gasteiger partial charge in [0.2, 0.25) is 0 Å². The van der Waals surface area contributed by atoms with Crippen molar-refractivity contribution in [2.45, 2.75) is 72.1 Å². The van der Waals surface area contributed by atoms with Crippen LogP contribution in [0.4, 0.5) is 5.82 Å². The van der Waals surface area contributed by atoms with Crippen LogP contribution in [0.3, 0.4) is 0 Å². The first-order valence-corrected chi connectivity index (χ1v) is 12.5. The second kappa shape index (κ2) is 12.8. The minimum atomic E-state index is -0.580. The lowest BCUT2D eigenvalue weighted by Crippen LogP contribution is -2.29. The van der Waals surface area contributed by atoms with E-state index in [0.717, 1.165) is 52.5 Å². The summed E-state index contributed by atoms with van der Waals surface area (Å²) in [5, 5.41) is 28.6. The molecule has 4 N–H and O–H groups in total. The van der Waals surface area contributed by atoms with Crippen LogP contribution in [0, 0.1) is 20.8 Å². The Hall–Kier alpha value is -3.01. The van der Waals surface area contributed by atoms with Crippen molar-refractivity contribution in [3.63, 3.8) is 0 Å². The molecule has 1 aromatic carbocycles. The molecule has 2 heterocycles. The Morgan fingerprint density at radius 3 is 2.44 bits per heavy atom. The first-order valence-electron chi connectivity index (χ1n) is 12.5. The first-order chi connectivity index (χ1) is 17.2. The molecule has 0 amide bonds. The minimum Gasteiger partial charge on any atom is -0.491 e. The number of rotatable bonds is 9. The van der Waals surface area contributed by atoms with Gasteiger partial charge in [0.05, 0.1) is 17.0 Å². The fourth-order valence-electron chi connectivity index (χ4n) is 3.81. The molecule has 9 nitrogen and oxygen atoms in total. The summed E-state index contributed by atoms with van der Waals surface area (Å²) in [5.74, 6) is 2.84. The maximum absolute atomic E-state index is 9.94. The molecule has 0 aliphatic heterocycles. The zero-order valence-electron chi connectivity index (χ0n) is 22.1. The van der Waals surface area contributed by atoms with Crippen molar-refractivity contribution >= 4 is 5.82 Å². The van der Waals surface area contributed by atoms with Crippen LogP contribution in [-0.4, -0.2) is 63.8 Å². The molecule has 1 unspecified atom stereocenters. The lowest BCUT2D eigenvalue weighted by atomic mass is 9.93. The van der Waals surface area contributed by atoms with Crippen LogP contribution in [0.2, 0.25) is 0 Å². The molecule has 2 aromatic heterocycles. The van der Waals surface area contributed by atoms with E-state index in [4.69, 9.17) is 24.3 Å². The topological polar surface area (TPSA) is 126 Å². The number of nitrogens with one attached hydrogen (secondary N) is 2. The van der Waals surface area contributed by atoms with E-state index in [9.17, 15) is 5.11 Å². The molecular formula is C27H39N5O4. The third kappa shape index (κ3) is 7.25. The van der Waals surface area contributed by atoms with Gasteiger partial charge in [0.15, 0.2) is 5.82 Å². The van der Waals surface area contributed by atoms with Gasteiger partial charge in [-0.1, -0.05) is 17.3 Å². The molecule has 0 saturated heterocycles. The lowest BCUT2D eigenvalue weighted by molar-refractivity contribution is 0.108. The predicted molar refractivity (Wildman–Crippen MR) is 141 cm³/mol. The number of aryl methyl sites for hydroxylation is 2. The summed E-state index contributed by atoms with van der Waals surface area (Å²) in [5.41, 5.74) is 4.36. The van der Waals surface area contributed by atoms with E-state index in [1.807, 2.05) is 45.0 Å². The number of aromatic nitrogens is 3. The van der Waals surface area contributed by atoms with Crippen LogP contribution >= 0.6 is 0 Å². The number of aliphatic hydroxyl groups excluding tert-OH is 2.